The Kier molecular flexibility index (Phi) is 5.33. The summed E-state index contributed by atoms with van der Waals surface area (Å²) in [6.07, 6.45) is 0.733. The molecule has 0 saturated carbocycles. The number of benzene rings is 2. The van der Waals surface area contributed by atoms with Crippen LogP contribution in [0.2, 0.25) is 5.02 Å². The van der Waals surface area contributed by atoms with Gasteiger partial charge in [-0.25, -0.2) is 8.42 Å². The summed E-state index contributed by atoms with van der Waals surface area (Å²) in [6, 6.07) is 7.40. The number of anilines is 1. The molecule has 0 unspecified atom stereocenters. The fourth-order valence-electron chi connectivity index (χ4n) is 2.45. The molecule has 9 heteroatoms. The molecular weight excluding hydrogens is 382 g/mol. The molecule has 0 atom stereocenters. The van der Waals surface area contributed by atoms with Crippen LogP contribution in [0.5, 0.6) is 23.0 Å². The fraction of sp³-hybridized carbons (Fsp3) is 0.294. The molecule has 26 heavy (non-hydrogen) atoms. The van der Waals surface area contributed by atoms with Crippen LogP contribution in [-0.2, 0) is 10.0 Å². The number of ether oxygens (including phenoxy) is 4. The molecule has 1 heterocycles. The molecule has 1 aliphatic heterocycles. The lowest BCUT2D eigenvalue weighted by Gasteiger charge is -2.15. The van der Waals surface area contributed by atoms with Gasteiger partial charge in [0.1, 0.15) is 11.5 Å². The van der Waals surface area contributed by atoms with E-state index in [1.54, 1.807) is 6.07 Å². The predicted octanol–water partition coefficient (Wildman–Crippen LogP) is 3.32. The highest BCUT2D eigenvalue weighted by Crippen LogP contribution is 2.38. The Labute approximate surface area is 156 Å². The van der Waals surface area contributed by atoms with Crippen LogP contribution in [0.4, 0.5) is 5.69 Å². The number of nitrogens with one attached hydrogen (secondary N) is 1. The number of rotatable bonds is 5. The molecule has 0 radical (unpaired) electrons. The Bertz CT molecular complexity index is 916. The van der Waals surface area contributed by atoms with Crippen molar-refractivity contribution in [3.63, 3.8) is 0 Å². The highest BCUT2D eigenvalue weighted by molar-refractivity contribution is 7.92. The van der Waals surface area contributed by atoms with Crippen LogP contribution in [-0.4, -0.2) is 35.9 Å². The molecule has 7 nitrogen and oxygen atoms in total. The van der Waals surface area contributed by atoms with Crippen LogP contribution in [0.1, 0.15) is 6.42 Å². The smallest absolute Gasteiger partial charge is 0.262 e. The van der Waals surface area contributed by atoms with Gasteiger partial charge in [0.25, 0.3) is 10.0 Å². The number of sulfonamides is 1. The van der Waals surface area contributed by atoms with Gasteiger partial charge in [0.05, 0.1) is 43.0 Å². The Morgan fingerprint density at radius 1 is 1.00 bits per heavy atom. The van der Waals surface area contributed by atoms with Gasteiger partial charge in [-0.15, -0.1) is 0 Å². The van der Waals surface area contributed by atoms with Crippen molar-refractivity contribution in [3.8, 4) is 23.0 Å². The maximum absolute atomic E-state index is 12.8. The molecule has 1 N–H and O–H groups in total. The van der Waals surface area contributed by atoms with E-state index in [-0.39, 0.29) is 21.4 Å². The monoisotopic (exact) mass is 399 g/mol. The van der Waals surface area contributed by atoms with E-state index in [9.17, 15) is 8.42 Å². The van der Waals surface area contributed by atoms with E-state index in [0.29, 0.717) is 30.5 Å². The molecule has 0 bridgehead atoms. The summed E-state index contributed by atoms with van der Waals surface area (Å²) in [6.45, 7) is 0.991. The van der Waals surface area contributed by atoms with Gasteiger partial charge in [-0.2, -0.15) is 0 Å². The van der Waals surface area contributed by atoms with Crippen molar-refractivity contribution in [2.45, 2.75) is 11.3 Å². The molecule has 0 aromatic heterocycles. The maximum Gasteiger partial charge on any atom is 0.262 e. The van der Waals surface area contributed by atoms with Gasteiger partial charge in [-0.3, -0.25) is 4.72 Å². The molecule has 2 aromatic rings. The summed E-state index contributed by atoms with van der Waals surface area (Å²) >= 11 is 6.09. The maximum atomic E-state index is 12.8. The van der Waals surface area contributed by atoms with Gasteiger partial charge in [0, 0.05) is 18.6 Å². The molecule has 0 spiro atoms. The topological polar surface area (TPSA) is 83.1 Å². The zero-order chi connectivity index (χ0) is 18.7. The van der Waals surface area contributed by atoms with Gasteiger partial charge in [-0.1, -0.05) is 11.6 Å². The van der Waals surface area contributed by atoms with Gasteiger partial charge in [0.2, 0.25) is 0 Å². The van der Waals surface area contributed by atoms with E-state index in [0.717, 1.165) is 6.42 Å². The molecule has 140 valence electrons. The van der Waals surface area contributed by atoms with Crippen molar-refractivity contribution in [2.75, 3.05) is 32.2 Å². The fourth-order valence-corrected chi connectivity index (χ4v) is 3.77. The second-order valence-corrected chi connectivity index (χ2v) is 7.54. The van der Waals surface area contributed by atoms with Crippen LogP contribution in [0.15, 0.2) is 35.2 Å². The van der Waals surface area contributed by atoms with Gasteiger partial charge >= 0.3 is 0 Å². The molecule has 0 aliphatic carbocycles. The minimum Gasteiger partial charge on any atom is -0.495 e. The van der Waals surface area contributed by atoms with Crippen LogP contribution in [0.3, 0.4) is 0 Å². The zero-order valence-electron chi connectivity index (χ0n) is 14.2. The number of hydrogen-bond donors (Lipinski definition) is 1. The quantitative estimate of drug-likeness (QED) is 0.830. The second-order valence-electron chi connectivity index (χ2n) is 5.45. The number of methoxy groups -OCH3 is 2. The first kappa shape index (κ1) is 18.5. The third-order valence-electron chi connectivity index (χ3n) is 3.75. The summed E-state index contributed by atoms with van der Waals surface area (Å²) in [7, 11) is -1.01. The van der Waals surface area contributed by atoms with Crippen molar-refractivity contribution in [1.82, 2.24) is 0 Å². The Balaban J connectivity index is 1.95. The first-order valence-corrected chi connectivity index (χ1v) is 9.64. The van der Waals surface area contributed by atoms with Crippen LogP contribution in [0, 0.1) is 0 Å². The predicted molar refractivity (Wildman–Crippen MR) is 97.4 cm³/mol. The average molecular weight is 400 g/mol. The van der Waals surface area contributed by atoms with Crippen molar-refractivity contribution >= 4 is 27.3 Å². The summed E-state index contributed by atoms with van der Waals surface area (Å²) in [5.74, 6) is 1.57. The van der Waals surface area contributed by atoms with Gasteiger partial charge in [0.15, 0.2) is 11.5 Å². The summed E-state index contributed by atoms with van der Waals surface area (Å²) in [4.78, 5) is 0.0377. The lowest BCUT2D eigenvalue weighted by Crippen LogP contribution is -2.14. The Hall–Kier alpha value is -2.32. The van der Waals surface area contributed by atoms with E-state index >= 15 is 0 Å². The summed E-state index contributed by atoms with van der Waals surface area (Å²) < 4.78 is 49.4. The number of fused-ring (bicyclic) bond motifs is 1. The second kappa shape index (κ2) is 7.51. The molecule has 0 amide bonds. The standard InChI is InChI=1S/C17H18ClNO6S/c1-22-15-10-16(23-2)13(9-12(15)18)19-26(20,21)11-4-5-14-17(8-11)25-7-3-6-24-14/h4-5,8-10,19H,3,6-7H2,1-2H3. The van der Waals surface area contributed by atoms with Crippen LogP contribution < -0.4 is 23.7 Å². The van der Waals surface area contributed by atoms with Crippen molar-refractivity contribution in [3.05, 3.63) is 35.4 Å². The summed E-state index contributed by atoms with van der Waals surface area (Å²) in [5, 5.41) is 0.254. The summed E-state index contributed by atoms with van der Waals surface area (Å²) in [5.41, 5.74) is 0.199. The van der Waals surface area contributed by atoms with E-state index in [4.69, 9.17) is 30.5 Å². The molecule has 2 aromatic carbocycles. The largest absolute Gasteiger partial charge is 0.495 e. The average Bonchev–Trinajstić information content (AvgIpc) is 2.86. The van der Waals surface area contributed by atoms with Crippen molar-refractivity contribution in [2.24, 2.45) is 0 Å². The molecular formula is C17H18ClNO6S. The third-order valence-corrected chi connectivity index (χ3v) is 5.41. The van der Waals surface area contributed by atoms with Crippen molar-refractivity contribution < 1.29 is 27.4 Å². The lowest BCUT2D eigenvalue weighted by atomic mass is 10.3. The van der Waals surface area contributed by atoms with Gasteiger partial charge in [-0.05, 0) is 18.2 Å². The van der Waals surface area contributed by atoms with E-state index < -0.39 is 10.0 Å². The minimum atomic E-state index is -3.89. The third kappa shape index (κ3) is 3.76. The van der Waals surface area contributed by atoms with E-state index in [1.165, 1.54) is 38.5 Å². The van der Waals surface area contributed by atoms with Gasteiger partial charge < -0.3 is 18.9 Å². The highest BCUT2D eigenvalue weighted by atomic mass is 35.5. The number of halogens is 1. The SMILES string of the molecule is COc1cc(OC)c(NS(=O)(=O)c2ccc3c(c2)OCCCO3)cc1Cl. The van der Waals surface area contributed by atoms with E-state index in [1.807, 2.05) is 0 Å². The zero-order valence-corrected chi connectivity index (χ0v) is 15.8. The van der Waals surface area contributed by atoms with E-state index in [2.05, 4.69) is 4.72 Å². The Morgan fingerprint density at radius 3 is 2.38 bits per heavy atom. The normalized spacial score (nSPS) is 13.7. The lowest BCUT2D eigenvalue weighted by molar-refractivity contribution is 0.297. The van der Waals surface area contributed by atoms with Crippen LogP contribution >= 0.6 is 11.6 Å². The highest BCUT2D eigenvalue weighted by Gasteiger charge is 2.21. The van der Waals surface area contributed by atoms with Crippen molar-refractivity contribution in [1.29, 1.82) is 0 Å². The number of hydrogen-bond acceptors (Lipinski definition) is 6. The van der Waals surface area contributed by atoms with Crippen LogP contribution in [0.25, 0.3) is 0 Å². The first-order valence-electron chi connectivity index (χ1n) is 7.78. The first-order chi connectivity index (χ1) is 12.4. The molecule has 1 aliphatic rings. The molecule has 0 fully saturated rings. The Morgan fingerprint density at radius 2 is 1.69 bits per heavy atom. The molecule has 0 saturated heterocycles. The minimum absolute atomic E-state index is 0.0377. The molecule has 3 rings (SSSR count).